The van der Waals surface area contributed by atoms with Crippen molar-refractivity contribution in [3.8, 4) is 0 Å². The summed E-state index contributed by atoms with van der Waals surface area (Å²) >= 11 is 0. The third-order valence-corrected chi connectivity index (χ3v) is 2.90. The van der Waals surface area contributed by atoms with Crippen LogP contribution in [0.25, 0.3) is 0 Å². The molecule has 3 nitrogen and oxygen atoms in total. The Morgan fingerprint density at radius 2 is 2.13 bits per heavy atom. The van der Waals surface area contributed by atoms with Crippen LogP contribution in [-0.4, -0.2) is 42.4 Å². The molecule has 1 N–H and O–H groups in total. The van der Waals surface area contributed by atoms with Crippen molar-refractivity contribution >= 4 is 5.91 Å². The first-order valence-electron chi connectivity index (χ1n) is 5.50. The van der Waals surface area contributed by atoms with E-state index >= 15 is 0 Å². The van der Waals surface area contributed by atoms with Crippen molar-refractivity contribution in [1.82, 2.24) is 10.2 Å². The van der Waals surface area contributed by atoms with Crippen molar-refractivity contribution in [2.24, 2.45) is 0 Å². The average Bonchev–Trinajstić information content (AvgIpc) is 2.95. The summed E-state index contributed by atoms with van der Waals surface area (Å²) < 4.78 is 24.4. The van der Waals surface area contributed by atoms with Gasteiger partial charge in [-0.25, -0.2) is 8.78 Å². The molecule has 0 spiro atoms. The van der Waals surface area contributed by atoms with E-state index in [0.717, 1.165) is 25.7 Å². The summed E-state index contributed by atoms with van der Waals surface area (Å²) in [6, 6.07) is 0.232. The number of rotatable bonds is 4. The zero-order valence-corrected chi connectivity index (χ0v) is 8.59. The van der Waals surface area contributed by atoms with E-state index in [0.29, 0.717) is 12.6 Å². The fourth-order valence-corrected chi connectivity index (χ4v) is 1.98. The predicted molar refractivity (Wildman–Crippen MR) is 51.8 cm³/mol. The molecule has 0 aromatic carbocycles. The summed E-state index contributed by atoms with van der Waals surface area (Å²) in [5.74, 6) is -0.145. The Morgan fingerprint density at radius 1 is 1.40 bits per heavy atom. The van der Waals surface area contributed by atoms with Crippen LogP contribution in [-0.2, 0) is 4.79 Å². The topological polar surface area (TPSA) is 32.3 Å². The van der Waals surface area contributed by atoms with Crippen molar-refractivity contribution in [3.63, 3.8) is 0 Å². The molecule has 1 atom stereocenters. The van der Waals surface area contributed by atoms with Gasteiger partial charge < -0.3 is 10.2 Å². The van der Waals surface area contributed by atoms with E-state index < -0.39 is 13.0 Å². The third-order valence-electron chi connectivity index (χ3n) is 2.90. The summed E-state index contributed by atoms with van der Waals surface area (Å²) in [4.78, 5) is 13.0. The quantitative estimate of drug-likeness (QED) is 0.763. The molecular formula is C10H16F2N2O. The summed E-state index contributed by atoms with van der Waals surface area (Å²) in [5.41, 5.74) is 0. The number of nitrogens with zero attached hydrogens (tertiary/aromatic N) is 1. The van der Waals surface area contributed by atoms with Gasteiger partial charge in [-0.1, -0.05) is 0 Å². The van der Waals surface area contributed by atoms with Gasteiger partial charge in [0.25, 0.3) is 6.43 Å². The molecule has 1 saturated carbocycles. The Morgan fingerprint density at radius 3 is 2.73 bits per heavy atom. The standard InChI is InChI=1S/C10H16F2N2O/c11-9(12)6-14-5-1-2-8(10(14)15)13-7-3-4-7/h7-9,13H,1-6H2. The Bertz CT molecular complexity index is 230. The Hall–Kier alpha value is -0.710. The fourth-order valence-electron chi connectivity index (χ4n) is 1.98. The SMILES string of the molecule is O=C1C(NC2CC2)CCCN1CC(F)F. The van der Waals surface area contributed by atoms with Crippen LogP contribution in [0.3, 0.4) is 0 Å². The van der Waals surface area contributed by atoms with Gasteiger partial charge in [0, 0.05) is 12.6 Å². The minimum atomic E-state index is -2.42. The monoisotopic (exact) mass is 218 g/mol. The summed E-state index contributed by atoms with van der Waals surface area (Å²) in [6.07, 6.45) is 1.41. The van der Waals surface area contributed by atoms with Gasteiger partial charge in [0.15, 0.2) is 0 Å². The highest BCUT2D eigenvalue weighted by Gasteiger charge is 2.33. The minimum absolute atomic E-state index is 0.145. The lowest BCUT2D eigenvalue weighted by molar-refractivity contribution is -0.138. The van der Waals surface area contributed by atoms with Crippen LogP contribution in [0.4, 0.5) is 8.78 Å². The summed E-state index contributed by atoms with van der Waals surface area (Å²) in [7, 11) is 0. The highest BCUT2D eigenvalue weighted by atomic mass is 19.3. The zero-order chi connectivity index (χ0) is 10.8. The first-order chi connectivity index (χ1) is 7.16. The zero-order valence-electron chi connectivity index (χ0n) is 8.59. The molecular weight excluding hydrogens is 202 g/mol. The number of piperidine rings is 1. The first-order valence-corrected chi connectivity index (χ1v) is 5.50. The maximum absolute atomic E-state index is 12.2. The molecule has 0 aromatic heterocycles. The first kappa shape index (κ1) is 10.8. The van der Waals surface area contributed by atoms with Crippen LogP contribution in [0.1, 0.15) is 25.7 Å². The van der Waals surface area contributed by atoms with Crippen molar-refractivity contribution < 1.29 is 13.6 Å². The molecule has 1 aliphatic heterocycles. The van der Waals surface area contributed by atoms with E-state index in [1.165, 1.54) is 4.90 Å². The number of carbonyl (C=O) groups is 1. The van der Waals surface area contributed by atoms with Gasteiger partial charge in [-0.05, 0) is 25.7 Å². The second-order valence-electron chi connectivity index (χ2n) is 4.31. The molecule has 0 radical (unpaired) electrons. The molecule has 1 amide bonds. The van der Waals surface area contributed by atoms with E-state index in [1.54, 1.807) is 0 Å². The van der Waals surface area contributed by atoms with Crippen LogP contribution in [0.15, 0.2) is 0 Å². The van der Waals surface area contributed by atoms with Gasteiger partial charge >= 0.3 is 0 Å². The number of amides is 1. The average molecular weight is 218 g/mol. The second-order valence-corrected chi connectivity index (χ2v) is 4.31. The van der Waals surface area contributed by atoms with E-state index in [2.05, 4.69) is 5.32 Å². The van der Waals surface area contributed by atoms with Crippen LogP contribution < -0.4 is 5.32 Å². The minimum Gasteiger partial charge on any atom is -0.336 e. The number of carbonyl (C=O) groups excluding carboxylic acids is 1. The van der Waals surface area contributed by atoms with Gasteiger partial charge in [-0.2, -0.15) is 0 Å². The van der Waals surface area contributed by atoms with Crippen LogP contribution in [0, 0.1) is 0 Å². The van der Waals surface area contributed by atoms with Gasteiger partial charge in [-0.15, -0.1) is 0 Å². The lowest BCUT2D eigenvalue weighted by Crippen LogP contribution is -2.52. The normalized spacial score (nSPS) is 27.5. The van der Waals surface area contributed by atoms with Crippen molar-refractivity contribution in [1.29, 1.82) is 0 Å². The number of nitrogens with one attached hydrogen (secondary N) is 1. The Balaban J connectivity index is 1.87. The largest absolute Gasteiger partial charge is 0.336 e. The Kier molecular flexibility index (Phi) is 3.19. The number of hydrogen-bond donors (Lipinski definition) is 1. The molecule has 2 fully saturated rings. The van der Waals surface area contributed by atoms with Gasteiger partial charge in [0.05, 0.1) is 12.6 Å². The molecule has 15 heavy (non-hydrogen) atoms. The highest BCUT2D eigenvalue weighted by Crippen LogP contribution is 2.22. The predicted octanol–water partition coefficient (Wildman–Crippen LogP) is 0.994. The molecule has 2 rings (SSSR count). The van der Waals surface area contributed by atoms with Gasteiger partial charge in [-0.3, -0.25) is 4.79 Å². The van der Waals surface area contributed by atoms with E-state index in [-0.39, 0.29) is 11.9 Å². The summed E-state index contributed by atoms with van der Waals surface area (Å²) in [6.45, 7) is 0.0632. The van der Waals surface area contributed by atoms with Crippen molar-refractivity contribution in [2.75, 3.05) is 13.1 Å². The van der Waals surface area contributed by atoms with Gasteiger partial charge in [0.1, 0.15) is 0 Å². The van der Waals surface area contributed by atoms with E-state index in [1.807, 2.05) is 0 Å². The molecule has 5 heteroatoms. The molecule has 1 saturated heterocycles. The molecule has 86 valence electrons. The smallest absolute Gasteiger partial charge is 0.255 e. The number of hydrogen-bond acceptors (Lipinski definition) is 2. The molecule has 2 aliphatic rings. The molecule has 1 heterocycles. The van der Waals surface area contributed by atoms with Crippen molar-refractivity contribution in [2.45, 2.75) is 44.2 Å². The molecule has 0 aromatic rings. The highest BCUT2D eigenvalue weighted by molar-refractivity contribution is 5.82. The van der Waals surface area contributed by atoms with Crippen LogP contribution in [0.5, 0.6) is 0 Å². The molecule has 1 unspecified atom stereocenters. The fraction of sp³-hybridized carbons (Fsp3) is 0.900. The van der Waals surface area contributed by atoms with E-state index in [4.69, 9.17) is 0 Å². The third kappa shape index (κ3) is 2.87. The maximum Gasteiger partial charge on any atom is 0.255 e. The molecule has 0 bridgehead atoms. The number of halogens is 2. The summed E-state index contributed by atoms with van der Waals surface area (Å²) in [5, 5.41) is 3.21. The van der Waals surface area contributed by atoms with E-state index in [9.17, 15) is 13.6 Å². The van der Waals surface area contributed by atoms with Crippen LogP contribution in [0.2, 0.25) is 0 Å². The Labute approximate surface area is 87.8 Å². The van der Waals surface area contributed by atoms with Crippen LogP contribution >= 0.6 is 0 Å². The lowest BCUT2D eigenvalue weighted by atomic mass is 10.0. The van der Waals surface area contributed by atoms with Gasteiger partial charge in [0.2, 0.25) is 5.91 Å². The second kappa shape index (κ2) is 4.43. The van der Waals surface area contributed by atoms with Crippen molar-refractivity contribution in [3.05, 3.63) is 0 Å². The lowest BCUT2D eigenvalue weighted by Gasteiger charge is -2.32. The maximum atomic E-state index is 12.2. The number of likely N-dealkylation sites (tertiary alicyclic amines) is 1. The molecule has 1 aliphatic carbocycles. The number of alkyl halides is 2.